The van der Waals surface area contributed by atoms with Crippen molar-refractivity contribution in [2.24, 2.45) is 0 Å². The number of rotatable bonds is 10. The first-order valence-corrected chi connectivity index (χ1v) is 10.5. The van der Waals surface area contributed by atoms with Gasteiger partial charge in [0.25, 0.3) is 0 Å². The summed E-state index contributed by atoms with van der Waals surface area (Å²) in [6, 6.07) is 6.85. The molecule has 2 rings (SSSR count). The first-order valence-electron chi connectivity index (χ1n) is 10.5. The highest BCUT2D eigenvalue weighted by molar-refractivity contribution is 5.91. The molecule has 0 atom stereocenters. The molecule has 0 aliphatic rings. The third kappa shape index (κ3) is 8.15. The van der Waals surface area contributed by atoms with E-state index < -0.39 is 11.9 Å². The Morgan fingerprint density at radius 2 is 1.06 bits per heavy atom. The maximum atomic E-state index is 11.0. The lowest BCUT2D eigenvalue weighted by Crippen LogP contribution is -1.97. The molecule has 36 heavy (non-hydrogen) atoms. The zero-order chi connectivity index (χ0) is 27.3. The van der Waals surface area contributed by atoms with E-state index in [0.717, 1.165) is 5.56 Å². The maximum absolute atomic E-state index is 11.0. The van der Waals surface area contributed by atoms with Crippen LogP contribution in [-0.4, -0.2) is 66.8 Å². The standard InChI is InChI=1S/2C13H16O5/c1-8(13(14)15)5-9-6-10(16-2)12(18-4)11(7-9)17-3;1-15-10-7-9(5-6-12(14)17-3)8-11(16-2)13(10)18-4/h5-7H,1-4H3,(H,14,15);5-8H,1-4H3/b8-5+;. The molecule has 2 aromatic rings. The van der Waals surface area contributed by atoms with Crippen molar-refractivity contribution in [1.29, 1.82) is 0 Å². The topological polar surface area (TPSA) is 119 Å². The van der Waals surface area contributed by atoms with Crippen molar-refractivity contribution in [2.75, 3.05) is 49.8 Å². The fraction of sp³-hybridized carbons (Fsp3) is 0.308. The summed E-state index contributed by atoms with van der Waals surface area (Å²) < 4.78 is 35.6. The normalized spacial score (nSPS) is 10.6. The van der Waals surface area contributed by atoms with Crippen LogP contribution in [0.4, 0.5) is 0 Å². The Morgan fingerprint density at radius 3 is 1.36 bits per heavy atom. The van der Waals surface area contributed by atoms with E-state index in [4.69, 9.17) is 33.5 Å². The van der Waals surface area contributed by atoms with Crippen LogP contribution in [0.15, 0.2) is 35.9 Å². The maximum Gasteiger partial charge on any atom is 0.331 e. The summed E-state index contributed by atoms with van der Waals surface area (Å²) in [7, 11) is 10.4. The van der Waals surface area contributed by atoms with Gasteiger partial charge in [-0.25, -0.2) is 9.59 Å². The van der Waals surface area contributed by atoms with Gasteiger partial charge in [-0.3, -0.25) is 0 Å². The van der Waals surface area contributed by atoms with Crippen molar-refractivity contribution < 1.29 is 47.9 Å². The van der Waals surface area contributed by atoms with Gasteiger partial charge in [0.1, 0.15) is 0 Å². The van der Waals surface area contributed by atoms with Gasteiger partial charge in [-0.15, -0.1) is 0 Å². The molecule has 0 bridgehead atoms. The monoisotopic (exact) mass is 504 g/mol. The number of carboxylic acids is 1. The quantitative estimate of drug-likeness (QED) is 0.374. The fourth-order valence-corrected chi connectivity index (χ4v) is 2.93. The molecule has 0 spiro atoms. The Hall–Kier alpha value is -4.34. The number of esters is 1. The summed E-state index contributed by atoms with van der Waals surface area (Å²) in [6.45, 7) is 1.52. The second-order valence-corrected chi connectivity index (χ2v) is 6.91. The minimum Gasteiger partial charge on any atom is -0.493 e. The molecular formula is C26H32O10. The van der Waals surface area contributed by atoms with E-state index in [1.807, 2.05) is 0 Å². The number of carbonyl (C=O) groups is 2. The molecule has 0 unspecified atom stereocenters. The molecule has 10 heteroatoms. The average Bonchev–Trinajstić information content (AvgIpc) is 2.90. The molecule has 196 valence electrons. The van der Waals surface area contributed by atoms with Crippen LogP contribution >= 0.6 is 0 Å². The van der Waals surface area contributed by atoms with Crippen molar-refractivity contribution >= 4 is 24.1 Å². The number of methoxy groups -OCH3 is 7. The van der Waals surface area contributed by atoms with E-state index in [1.54, 1.807) is 30.3 Å². The summed E-state index contributed by atoms with van der Waals surface area (Å²) in [4.78, 5) is 21.8. The van der Waals surface area contributed by atoms with Crippen LogP contribution in [0.25, 0.3) is 12.2 Å². The number of benzene rings is 2. The van der Waals surface area contributed by atoms with Crippen molar-refractivity contribution in [1.82, 2.24) is 0 Å². The number of carboxylic acid groups (broad SMARTS) is 1. The van der Waals surface area contributed by atoms with Crippen LogP contribution in [0, 0.1) is 0 Å². The molecule has 10 nitrogen and oxygen atoms in total. The van der Waals surface area contributed by atoms with Gasteiger partial charge in [0, 0.05) is 11.6 Å². The van der Waals surface area contributed by atoms with Crippen molar-refractivity contribution in [3.63, 3.8) is 0 Å². The smallest absolute Gasteiger partial charge is 0.331 e. The molecular weight excluding hydrogens is 472 g/mol. The highest BCUT2D eigenvalue weighted by atomic mass is 16.5. The van der Waals surface area contributed by atoms with Crippen LogP contribution in [0.3, 0.4) is 0 Å². The highest BCUT2D eigenvalue weighted by Crippen LogP contribution is 2.39. The molecule has 0 saturated heterocycles. The van der Waals surface area contributed by atoms with E-state index in [0.29, 0.717) is 40.1 Å². The first-order chi connectivity index (χ1) is 17.2. The second-order valence-electron chi connectivity index (χ2n) is 6.91. The number of ether oxygens (including phenoxy) is 7. The van der Waals surface area contributed by atoms with Gasteiger partial charge in [-0.1, -0.05) is 0 Å². The van der Waals surface area contributed by atoms with E-state index in [2.05, 4.69) is 4.74 Å². The minimum atomic E-state index is -0.969. The summed E-state index contributed by atoms with van der Waals surface area (Å²) in [5.74, 6) is 1.62. The number of carbonyl (C=O) groups excluding carboxylic acids is 1. The van der Waals surface area contributed by atoms with E-state index in [-0.39, 0.29) is 5.57 Å². The number of hydrogen-bond acceptors (Lipinski definition) is 9. The molecule has 1 N–H and O–H groups in total. The first kappa shape index (κ1) is 29.7. The van der Waals surface area contributed by atoms with Gasteiger partial charge in [0.05, 0.1) is 49.8 Å². The average molecular weight is 505 g/mol. The van der Waals surface area contributed by atoms with Crippen LogP contribution in [0.1, 0.15) is 18.1 Å². The highest BCUT2D eigenvalue weighted by Gasteiger charge is 2.13. The summed E-state index contributed by atoms with van der Waals surface area (Å²) in [6.07, 6.45) is 4.46. The molecule has 0 aliphatic carbocycles. The SMILES string of the molecule is COC(=O)C=Cc1cc(OC)c(OC)c(OC)c1.COc1cc(/C=C(\C)C(=O)O)cc(OC)c1OC. The molecule has 0 radical (unpaired) electrons. The molecule has 0 heterocycles. The van der Waals surface area contributed by atoms with Crippen molar-refractivity contribution in [3.05, 3.63) is 47.0 Å². The Morgan fingerprint density at radius 1 is 0.667 bits per heavy atom. The Kier molecular flexibility index (Phi) is 12.2. The Balaban J connectivity index is 0.000000360. The Bertz CT molecular complexity index is 1050. The van der Waals surface area contributed by atoms with E-state index >= 15 is 0 Å². The molecule has 0 aromatic heterocycles. The van der Waals surface area contributed by atoms with Gasteiger partial charge in [-0.05, 0) is 54.5 Å². The molecule has 0 saturated carbocycles. The lowest BCUT2D eigenvalue weighted by atomic mass is 10.1. The third-order valence-electron chi connectivity index (χ3n) is 4.71. The molecule has 2 aromatic carbocycles. The predicted octanol–water partition coefficient (Wildman–Crippen LogP) is 4.10. The van der Waals surface area contributed by atoms with Gasteiger partial charge >= 0.3 is 11.9 Å². The predicted molar refractivity (Wildman–Crippen MR) is 135 cm³/mol. The van der Waals surface area contributed by atoms with Gasteiger partial charge in [0.2, 0.25) is 11.5 Å². The Labute approximate surface area is 210 Å². The minimum absolute atomic E-state index is 0.226. The zero-order valence-corrected chi connectivity index (χ0v) is 21.7. The zero-order valence-electron chi connectivity index (χ0n) is 21.7. The lowest BCUT2D eigenvalue weighted by Gasteiger charge is -2.13. The fourth-order valence-electron chi connectivity index (χ4n) is 2.93. The van der Waals surface area contributed by atoms with Crippen LogP contribution in [0.2, 0.25) is 0 Å². The van der Waals surface area contributed by atoms with Crippen LogP contribution < -0.4 is 28.4 Å². The van der Waals surface area contributed by atoms with Gasteiger partial charge in [0.15, 0.2) is 23.0 Å². The van der Waals surface area contributed by atoms with E-state index in [1.165, 1.54) is 68.8 Å². The van der Waals surface area contributed by atoms with Crippen molar-refractivity contribution in [3.8, 4) is 34.5 Å². The van der Waals surface area contributed by atoms with Gasteiger partial charge < -0.3 is 38.3 Å². The molecule has 0 aliphatic heterocycles. The van der Waals surface area contributed by atoms with Crippen molar-refractivity contribution in [2.45, 2.75) is 6.92 Å². The van der Waals surface area contributed by atoms with Crippen LogP contribution in [0.5, 0.6) is 34.5 Å². The van der Waals surface area contributed by atoms with Gasteiger partial charge in [-0.2, -0.15) is 0 Å². The molecule has 0 amide bonds. The van der Waals surface area contributed by atoms with E-state index in [9.17, 15) is 9.59 Å². The molecule has 0 fully saturated rings. The largest absolute Gasteiger partial charge is 0.493 e. The third-order valence-corrected chi connectivity index (χ3v) is 4.71. The lowest BCUT2D eigenvalue weighted by molar-refractivity contribution is -0.135. The summed E-state index contributed by atoms with van der Waals surface area (Å²) in [5.41, 5.74) is 1.64. The second kappa shape index (κ2) is 14.8. The van der Waals surface area contributed by atoms with Crippen LogP contribution in [-0.2, 0) is 14.3 Å². The summed E-state index contributed by atoms with van der Waals surface area (Å²) in [5, 5.41) is 8.84. The number of aliphatic carboxylic acids is 1. The number of hydrogen-bond donors (Lipinski definition) is 1. The summed E-state index contributed by atoms with van der Waals surface area (Å²) >= 11 is 0.